The van der Waals surface area contributed by atoms with E-state index in [-0.39, 0.29) is 30.0 Å². The average molecular weight is 411 g/mol. The maximum Gasteiger partial charge on any atom is 0.295 e. The van der Waals surface area contributed by atoms with E-state index in [0.29, 0.717) is 11.5 Å². The van der Waals surface area contributed by atoms with Crippen molar-refractivity contribution >= 4 is 17.4 Å². The Morgan fingerprint density at radius 2 is 1.80 bits per heavy atom. The van der Waals surface area contributed by atoms with Gasteiger partial charge >= 0.3 is 0 Å². The second-order valence-electron chi connectivity index (χ2n) is 6.91. The first kappa shape index (κ1) is 21.4. The number of ketones is 1. The summed E-state index contributed by atoms with van der Waals surface area (Å²) in [6.07, 6.45) is 0. The summed E-state index contributed by atoms with van der Waals surface area (Å²) < 4.78 is 15.7. The van der Waals surface area contributed by atoms with Crippen LogP contribution >= 0.6 is 0 Å². The third-order valence-corrected chi connectivity index (χ3v) is 5.22. The van der Waals surface area contributed by atoms with E-state index in [1.165, 1.54) is 26.2 Å². The van der Waals surface area contributed by atoms with Crippen molar-refractivity contribution in [3.8, 4) is 11.5 Å². The first-order chi connectivity index (χ1) is 14.4. The summed E-state index contributed by atoms with van der Waals surface area (Å²) in [5, 5.41) is 11.2. The highest BCUT2D eigenvalue weighted by molar-refractivity contribution is 6.46. The molecule has 0 aromatic heterocycles. The van der Waals surface area contributed by atoms with Gasteiger partial charge in [-0.3, -0.25) is 9.59 Å². The van der Waals surface area contributed by atoms with E-state index in [1.54, 1.807) is 18.2 Å². The van der Waals surface area contributed by atoms with Crippen LogP contribution in [0.5, 0.6) is 11.5 Å². The van der Waals surface area contributed by atoms with Crippen molar-refractivity contribution in [1.29, 1.82) is 0 Å². The smallest absolute Gasteiger partial charge is 0.295 e. The molecule has 1 saturated heterocycles. The van der Waals surface area contributed by atoms with Crippen molar-refractivity contribution < 1.29 is 28.9 Å². The van der Waals surface area contributed by atoms with Gasteiger partial charge in [-0.15, -0.1) is 0 Å². The SMILES string of the molecule is COCCN1C(=O)C(=O)/C(=C(/O)c2cc(OC)ccc2OC)C1c1ccccc1C. The molecule has 1 atom stereocenters. The second-order valence-corrected chi connectivity index (χ2v) is 6.91. The van der Waals surface area contributed by atoms with Crippen LogP contribution in [0.15, 0.2) is 48.0 Å². The van der Waals surface area contributed by atoms with Crippen LogP contribution in [0.1, 0.15) is 22.7 Å². The van der Waals surface area contributed by atoms with Gasteiger partial charge in [-0.1, -0.05) is 24.3 Å². The number of methoxy groups -OCH3 is 3. The van der Waals surface area contributed by atoms with Crippen LogP contribution in [0, 0.1) is 6.92 Å². The molecule has 7 nitrogen and oxygen atoms in total. The number of carbonyl (C=O) groups excluding carboxylic acids is 2. The number of likely N-dealkylation sites (tertiary alicyclic amines) is 1. The molecule has 0 saturated carbocycles. The van der Waals surface area contributed by atoms with Gasteiger partial charge in [0, 0.05) is 13.7 Å². The molecule has 0 aliphatic carbocycles. The van der Waals surface area contributed by atoms with E-state index in [4.69, 9.17) is 14.2 Å². The summed E-state index contributed by atoms with van der Waals surface area (Å²) in [6.45, 7) is 2.38. The first-order valence-electron chi connectivity index (χ1n) is 9.49. The first-order valence-corrected chi connectivity index (χ1v) is 9.49. The maximum absolute atomic E-state index is 13.0. The van der Waals surface area contributed by atoms with Gasteiger partial charge in [0.25, 0.3) is 11.7 Å². The maximum atomic E-state index is 13.0. The summed E-state index contributed by atoms with van der Waals surface area (Å²) in [4.78, 5) is 27.3. The van der Waals surface area contributed by atoms with E-state index >= 15 is 0 Å². The molecule has 158 valence electrons. The van der Waals surface area contributed by atoms with E-state index in [9.17, 15) is 14.7 Å². The molecule has 1 N–H and O–H groups in total. The summed E-state index contributed by atoms with van der Waals surface area (Å²) >= 11 is 0. The highest BCUT2D eigenvalue weighted by atomic mass is 16.5. The molecular weight excluding hydrogens is 386 g/mol. The molecule has 7 heteroatoms. The monoisotopic (exact) mass is 411 g/mol. The van der Waals surface area contributed by atoms with Crippen molar-refractivity contribution in [2.75, 3.05) is 34.5 Å². The molecule has 1 amide bonds. The third kappa shape index (κ3) is 3.76. The van der Waals surface area contributed by atoms with Crippen LogP contribution < -0.4 is 9.47 Å². The van der Waals surface area contributed by atoms with Crippen LogP contribution in [0.25, 0.3) is 5.76 Å². The number of hydrogen-bond acceptors (Lipinski definition) is 6. The van der Waals surface area contributed by atoms with Crippen molar-refractivity contribution in [2.24, 2.45) is 0 Å². The van der Waals surface area contributed by atoms with Crippen LogP contribution in [-0.4, -0.2) is 56.2 Å². The Morgan fingerprint density at radius 3 is 2.43 bits per heavy atom. The minimum Gasteiger partial charge on any atom is -0.507 e. The molecule has 1 fully saturated rings. The second kappa shape index (κ2) is 9.00. The van der Waals surface area contributed by atoms with Crippen LogP contribution in [0.3, 0.4) is 0 Å². The Bertz CT molecular complexity index is 997. The van der Waals surface area contributed by atoms with Gasteiger partial charge in [-0.2, -0.15) is 0 Å². The zero-order valence-electron chi connectivity index (χ0n) is 17.5. The number of carbonyl (C=O) groups is 2. The van der Waals surface area contributed by atoms with Gasteiger partial charge in [0.2, 0.25) is 0 Å². The van der Waals surface area contributed by atoms with Gasteiger partial charge in [0.1, 0.15) is 17.3 Å². The van der Waals surface area contributed by atoms with Crippen molar-refractivity contribution in [3.63, 3.8) is 0 Å². The fourth-order valence-corrected chi connectivity index (χ4v) is 3.66. The lowest BCUT2D eigenvalue weighted by atomic mass is 9.92. The van der Waals surface area contributed by atoms with Crippen molar-refractivity contribution in [2.45, 2.75) is 13.0 Å². The molecule has 30 heavy (non-hydrogen) atoms. The number of benzene rings is 2. The predicted octanol–water partition coefficient (Wildman–Crippen LogP) is 3.08. The molecule has 1 aliphatic heterocycles. The van der Waals surface area contributed by atoms with Gasteiger partial charge < -0.3 is 24.2 Å². The average Bonchev–Trinajstić information content (AvgIpc) is 3.01. The number of rotatable bonds is 7. The lowest BCUT2D eigenvalue weighted by Crippen LogP contribution is -2.32. The summed E-state index contributed by atoms with van der Waals surface area (Å²) in [5.74, 6) is -0.888. The quantitative estimate of drug-likeness (QED) is 0.428. The number of aliphatic hydroxyl groups excluding tert-OH is 1. The number of aliphatic hydroxyl groups is 1. The van der Waals surface area contributed by atoms with Gasteiger partial charge in [-0.05, 0) is 36.2 Å². The molecule has 3 rings (SSSR count). The zero-order valence-corrected chi connectivity index (χ0v) is 17.5. The van der Waals surface area contributed by atoms with E-state index in [1.807, 2.05) is 31.2 Å². The van der Waals surface area contributed by atoms with Gasteiger partial charge in [0.15, 0.2) is 0 Å². The number of nitrogens with zero attached hydrogens (tertiary/aromatic N) is 1. The number of Topliss-reactive ketones (excluding diaryl/α,β-unsaturated/α-hetero) is 1. The van der Waals surface area contributed by atoms with Crippen LogP contribution in [0.2, 0.25) is 0 Å². The highest BCUT2D eigenvalue weighted by Gasteiger charge is 2.46. The Hall–Kier alpha value is -3.32. The molecule has 0 spiro atoms. The van der Waals surface area contributed by atoms with E-state index < -0.39 is 17.7 Å². The lowest BCUT2D eigenvalue weighted by molar-refractivity contribution is -0.140. The Balaban J connectivity index is 2.25. The molecule has 2 aromatic rings. The summed E-state index contributed by atoms with van der Waals surface area (Å²) in [7, 11) is 4.50. The standard InChI is InChI=1S/C23H25NO6/c1-14-7-5-6-8-16(14)20-19(22(26)23(27)24(20)11-12-28-2)21(25)17-13-15(29-3)9-10-18(17)30-4/h5-10,13,20,25H,11-12H2,1-4H3/b21-19+. The molecule has 0 bridgehead atoms. The minimum absolute atomic E-state index is 0.0111. The van der Waals surface area contributed by atoms with Gasteiger partial charge in [0.05, 0.1) is 38.0 Å². The Morgan fingerprint density at radius 1 is 1.07 bits per heavy atom. The van der Waals surface area contributed by atoms with Gasteiger partial charge in [-0.25, -0.2) is 0 Å². The van der Waals surface area contributed by atoms with E-state index in [0.717, 1.165) is 11.1 Å². The number of hydrogen-bond donors (Lipinski definition) is 1. The number of ether oxygens (including phenoxy) is 3. The molecule has 0 radical (unpaired) electrons. The lowest BCUT2D eigenvalue weighted by Gasteiger charge is -2.26. The summed E-state index contributed by atoms with van der Waals surface area (Å²) in [5.41, 5.74) is 1.95. The number of amides is 1. The molecule has 2 aromatic carbocycles. The molecular formula is C23H25NO6. The fraction of sp³-hybridized carbons (Fsp3) is 0.304. The topological polar surface area (TPSA) is 85.3 Å². The molecule has 1 heterocycles. The Labute approximate surface area is 175 Å². The molecule has 1 unspecified atom stereocenters. The van der Waals surface area contributed by atoms with Crippen LogP contribution in [0.4, 0.5) is 0 Å². The van der Waals surface area contributed by atoms with Crippen molar-refractivity contribution in [3.05, 3.63) is 64.7 Å². The normalized spacial score (nSPS) is 18.0. The summed E-state index contributed by atoms with van der Waals surface area (Å²) in [6, 6.07) is 11.6. The zero-order chi connectivity index (χ0) is 21.8. The van der Waals surface area contributed by atoms with Crippen molar-refractivity contribution in [1.82, 2.24) is 4.90 Å². The number of aryl methyl sites for hydroxylation is 1. The highest BCUT2D eigenvalue weighted by Crippen LogP contribution is 2.42. The van der Waals surface area contributed by atoms with Crippen LogP contribution in [-0.2, 0) is 14.3 Å². The largest absolute Gasteiger partial charge is 0.507 e. The molecule has 1 aliphatic rings. The Kier molecular flexibility index (Phi) is 6.42. The fourth-order valence-electron chi connectivity index (χ4n) is 3.66. The predicted molar refractivity (Wildman–Crippen MR) is 112 cm³/mol. The third-order valence-electron chi connectivity index (χ3n) is 5.22. The van der Waals surface area contributed by atoms with E-state index in [2.05, 4.69) is 0 Å². The minimum atomic E-state index is -0.748.